The van der Waals surface area contributed by atoms with Gasteiger partial charge < -0.3 is 19.9 Å². The molecule has 1 fully saturated rings. The molecular formula is C17H27NO3. The highest BCUT2D eigenvalue weighted by molar-refractivity contribution is 5.41. The van der Waals surface area contributed by atoms with Gasteiger partial charge in [0.25, 0.3) is 0 Å². The first-order chi connectivity index (χ1) is 10.0. The SMILES string of the molecule is COc1ccc(OC)c(C(O)CNCC2(C(C)C)CC2)c1. The van der Waals surface area contributed by atoms with E-state index in [1.165, 1.54) is 12.8 Å². The predicted octanol–water partition coefficient (Wildman–Crippen LogP) is 2.76. The second-order valence-corrected chi connectivity index (χ2v) is 6.27. The van der Waals surface area contributed by atoms with Crippen molar-refractivity contribution >= 4 is 0 Å². The predicted molar refractivity (Wildman–Crippen MR) is 83.9 cm³/mol. The molecule has 1 atom stereocenters. The summed E-state index contributed by atoms with van der Waals surface area (Å²) in [5, 5.41) is 13.8. The van der Waals surface area contributed by atoms with E-state index in [0.717, 1.165) is 17.9 Å². The average Bonchev–Trinajstić information content (AvgIpc) is 3.27. The quantitative estimate of drug-likeness (QED) is 0.774. The van der Waals surface area contributed by atoms with E-state index >= 15 is 0 Å². The van der Waals surface area contributed by atoms with E-state index in [9.17, 15) is 5.11 Å². The Kier molecular flexibility index (Phi) is 5.12. The van der Waals surface area contributed by atoms with E-state index in [1.54, 1.807) is 14.2 Å². The number of ether oxygens (including phenoxy) is 2. The standard InChI is InChI=1S/C17H27NO3/c1-12(2)17(7-8-17)11-18-10-15(19)14-9-13(20-3)5-6-16(14)21-4/h5-6,9,12,15,18-19H,7-8,10-11H2,1-4H3. The van der Waals surface area contributed by atoms with Gasteiger partial charge >= 0.3 is 0 Å². The Bertz CT molecular complexity index is 469. The minimum absolute atomic E-state index is 0.443. The molecule has 1 saturated carbocycles. The van der Waals surface area contributed by atoms with Crippen LogP contribution in [0.2, 0.25) is 0 Å². The first-order valence-electron chi connectivity index (χ1n) is 7.63. The lowest BCUT2D eigenvalue weighted by atomic mass is 9.92. The molecule has 0 spiro atoms. The van der Waals surface area contributed by atoms with Crippen molar-refractivity contribution in [2.24, 2.45) is 11.3 Å². The van der Waals surface area contributed by atoms with Gasteiger partial charge in [0.2, 0.25) is 0 Å². The van der Waals surface area contributed by atoms with E-state index in [4.69, 9.17) is 9.47 Å². The highest BCUT2D eigenvalue weighted by Crippen LogP contribution is 2.51. The summed E-state index contributed by atoms with van der Waals surface area (Å²) in [6.45, 7) is 6.04. The highest BCUT2D eigenvalue weighted by Gasteiger charge is 2.44. The fraction of sp³-hybridized carbons (Fsp3) is 0.647. The average molecular weight is 293 g/mol. The Labute approximate surface area is 127 Å². The van der Waals surface area contributed by atoms with Crippen LogP contribution in [0.15, 0.2) is 18.2 Å². The molecule has 2 rings (SSSR count). The molecule has 0 saturated heterocycles. The molecule has 1 aliphatic rings. The molecule has 4 heteroatoms. The zero-order valence-corrected chi connectivity index (χ0v) is 13.5. The molecule has 118 valence electrons. The van der Waals surface area contributed by atoms with Crippen molar-refractivity contribution in [1.29, 1.82) is 0 Å². The number of aliphatic hydroxyl groups is 1. The molecule has 2 N–H and O–H groups in total. The van der Waals surface area contributed by atoms with Crippen LogP contribution in [0.4, 0.5) is 0 Å². The van der Waals surface area contributed by atoms with Gasteiger partial charge in [-0.05, 0) is 42.4 Å². The number of hydrogen-bond acceptors (Lipinski definition) is 4. The van der Waals surface area contributed by atoms with Crippen LogP contribution in [0.25, 0.3) is 0 Å². The van der Waals surface area contributed by atoms with Gasteiger partial charge in [0.1, 0.15) is 11.5 Å². The van der Waals surface area contributed by atoms with Gasteiger partial charge in [0, 0.05) is 18.7 Å². The van der Waals surface area contributed by atoms with Gasteiger partial charge in [-0.1, -0.05) is 13.8 Å². The maximum atomic E-state index is 10.4. The summed E-state index contributed by atoms with van der Waals surface area (Å²) in [5.74, 6) is 2.11. The molecule has 1 aliphatic carbocycles. The van der Waals surface area contributed by atoms with Crippen molar-refractivity contribution in [2.45, 2.75) is 32.8 Å². The van der Waals surface area contributed by atoms with Crippen LogP contribution in [0, 0.1) is 11.3 Å². The van der Waals surface area contributed by atoms with Crippen LogP contribution in [-0.2, 0) is 0 Å². The number of methoxy groups -OCH3 is 2. The summed E-state index contributed by atoms with van der Waals surface area (Å²) in [6, 6.07) is 5.49. The summed E-state index contributed by atoms with van der Waals surface area (Å²) in [6.07, 6.45) is 1.98. The van der Waals surface area contributed by atoms with Gasteiger partial charge in [-0.25, -0.2) is 0 Å². The van der Waals surface area contributed by atoms with E-state index in [1.807, 2.05) is 18.2 Å². The second kappa shape index (κ2) is 6.67. The maximum Gasteiger partial charge on any atom is 0.124 e. The lowest BCUT2D eigenvalue weighted by Gasteiger charge is -2.22. The van der Waals surface area contributed by atoms with Crippen molar-refractivity contribution in [3.63, 3.8) is 0 Å². The summed E-state index contributed by atoms with van der Waals surface area (Å²) < 4.78 is 10.5. The second-order valence-electron chi connectivity index (χ2n) is 6.27. The lowest BCUT2D eigenvalue weighted by Crippen LogP contribution is -2.31. The minimum atomic E-state index is -0.599. The van der Waals surface area contributed by atoms with Crippen LogP contribution in [-0.4, -0.2) is 32.4 Å². The molecule has 0 amide bonds. The molecule has 1 aromatic rings. The Morgan fingerprint density at radius 1 is 1.24 bits per heavy atom. The summed E-state index contributed by atoms with van der Waals surface area (Å²) in [5.41, 5.74) is 1.21. The van der Waals surface area contributed by atoms with E-state index in [-0.39, 0.29) is 0 Å². The van der Waals surface area contributed by atoms with E-state index in [2.05, 4.69) is 19.2 Å². The third-order valence-electron chi connectivity index (χ3n) is 4.73. The van der Waals surface area contributed by atoms with Gasteiger partial charge in [-0.2, -0.15) is 0 Å². The highest BCUT2D eigenvalue weighted by atomic mass is 16.5. The normalized spacial score (nSPS) is 17.6. The molecule has 1 aromatic carbocycles. The zero-order valence-electron chi connectivity index (χ0n) is 13.5. The fourth-order valence-electron chi connectivity index (χ4n) is 2.79. The van der Waals surface area contributed by atoms with Crippen molar-refractivity contribution < 1.29 is 14.6 Å². The molecule has 21 heavy (non-hydrogen) atoms. The lowest BCUT2D eigenvalue weighted by molar-refractivity contribution is 0.165. The van der Waals surface area contributed by atoms with Crippen molar-refractivity contribution in [3.8, 4) is 11.5 Å². The zero-order chi connectivity index (χ0) is 15.5. The third kappa shape index (κ3) is 3.69. The molecule has 0 bridgehead atoms. The number of hydrogen-bond donors (Lipinski definition) is 2. The van der Waals surface area contributed by atoms with Crippen LogP contribution < -0.4 is 14.8 Å². The Morgan fingerprint density at radius 3 is 2.48 bits per heavy atom. The van der Waals surface area contributed by atoms with Crippen LogP contribution in [0.3, 0.4) is 0 Å². The van der Waals surface area contributed by atoms with E-state index in [0.29, 0.717) is 23.6 Å². The smallest absolute Gasteiger partial charge is 0.124 e. The first-order valence-corrected chi connectivity index (χ1v) is 7.63. The molecule has 4 nitrogen and oxygen atoms in total. The minimum Gasteiger partial charge on any atom is -0.497 e. The van der Waals surface area contributed by atoms with E-state index < -0.39 is 6.10 Å². The Hall–Kier alpha value is -1.26. The van der Waals surface area contributed by atoms with Crippen molar-refractivity contribution in [2.75, 3.05) is 27.3 Å². The van der Waals surface area contributed by atoms with Gasteiger partial charge in [-0.3, -0.25) is 0 Å². The molecule has 0 radical (unpaired) electrons. The molecule has 0 heterocycles. The topological polar surface area (TPSA) is 50.7 Å². The van der Waals surface area contributed by atoms with Crippen LogP contribution >= 0.6 is 0 Å². The molecular weight excluding hydrogens is 266 g/mol. The van der Waals surface area contributed by atoms with Crippen LogP contribution in [0.1, 0.15) is 38.4 Å². The monoisotopic (exact) mass is 293 g/mol. The summed E-state index contributed by atoms with van der Waals surface area (Å²) >= 11 is 0. The maximum absolute atomic E-state index is 10.4. The Balaban J connectivity index is 1.95. The third-order valence-corrected chi connectivity index (χ3v) is 4.73. The number of aliphatic hydroxyl groups excluding tert-OH is 1. The number of benzene rings is 1. The molecule has 0 aromatic heterocycles. The van der Waals surface area contributed by atoms with Gasteiger partial charge in [0.15, 0.2) is 0 Å². The molecule has 1 unspecified atom stereocenters. The van der Waals surface area contributed by atoms with Crippen LogP contribution in [0.5, 0.6) is 11.5 Å². The largest absolute Gasteiger partial charge is 0.497 e. The first kappa shape index (κ1) is 16.1. The fourth-order valence-corrected chi connectivity index (χ4v) is 2.79. The molecule has 0 aliphatic heterocycles. The van der Waals surface area contributed by atoms with Gasteiger partial charge in [-0.15, -0.1) is 0 Å². The van der Waals surface area contributed by atoms with Gasteiger partial charge in [0.05, 0.1) is 20.3 Å². The number of nitrogens with one attached hydrogen (secondary N) is 1. The Morgan fingerprint density at radius 2 is 1.95 bits per heavy atom. The number of rotatable bonds is 8. The summed E-state index contributed by atoms with van der Waals surface area (Å²) in [7, 11) is 3.24. The van der Waals surface area contributed by atoms with Crippen molar-refractivity contribution in [1.82, 2.24) is 5.32 Å². The van der Waals surface area contributed by atoms with Crippen molar-refractivity contribution in [3.05, 3.63) is 23.8 Å². The summed E-state index contributed by atoms with van der Waals surface area (Å²) in [4.78, 5) is 0.